The maximum atomic E-state index is 12.2. The lowest BCUT2D eigenvalue weighted by atomic mass is 10.1. The van der Waals surface area contributed by atoms with Crippen molar-refractivity contribution in [2.24, 2.45) is 0 Å². The molecule has 19 heavy (non-hydrogen) atoms. The van der Waals surface area contributed by atoms with Crippen molar-refractivity contribution in [2.45, 2.75) is 13.3 Å². The van der Waals surface area contributed by atoms with Crippen LogP contribution in [0.15, 0.2) is 34.9 Å². The van der Waals surface area contributed by atoms with Crippen LogP contribution in [0.1, 0.15) is 11.1 Å². The van der Waals surface area contributed by atoms with Gasteiger partial charge >= 0.3 is 0 Å². The van der Waals surface area contributed by atoms with Crippen LogP contribution in [-0.4, -0.2) is 10.9 Å². The van der Waals surface area contributed by atoms with Gasteiger partial charge in [0.05, 0.1) is 12.1 Å². The van der Waals surface area contributed by atoms with Crippen LogP contribution in [-0.2, 0) is 11.2 Å². The summed E-state index contributed by atoms with van der Waals surface area (Å²) in [4.78, 5) is 18.1. The highest BCUT2D eigenvalue weighted by atomic mass is 79.9. The third kappa shape index (κ3) is 2.00. The molecule has 0 saturated heterocycles. The van der Waals surface area contributed by atoms with E-state index >= 15 is 0 Å². The quantitative estimate of drug-likeness (QED) is 0.823. The highest BCUT2D eigenvalue weighted by molar-refractivity contribution is 9.10. The van der Waals surface area contributed by atoms with Crippen molar-refractivity contribution in [3.05, 3.63) is 46.1 Å². The van der Waals surface area contributed by atoms with Gasteiger partial charge in [-0.15, -0.1) is 0 Å². The summed E-state index contributed by atoms with van der Waals surface area (Å²) in [6, 6.07) is 7.41. The van der Waals surface area contributed by atoms with Crippen molar-refractivity contribution >= 4 is 39.0 Å². The molecule has 2 aromatic rings. The van der Waals surface area contributed by atoms with E-state index in [2.05, 4.69) is 20.9 Å². The van der Waals surface area contributed by atoms with Gasteiger partial charge in [-0.25, -0.2) is 4.98 Å². The molecule has 4 nitrogen and oxygen atoms in total. The molecular weight excluding hydrogens is 306 g/mol. The van der Waals surface area contributed by atoms with Crippen molar-refractivity contribution in [3.8, 4) is 0 Å². The standard InChI is InChI=1S/C14H12BrN3O/c1-8-4-13(17-7-11(8)15)18-12-3-2-10(16)5-9(12)6-14(18)19/h2-5,7H,6,16H2,1H3. The summed E-state index contributed by atoms with van der Waals surface area (Å²) in [5.74, 6) is 0.670. The predicted molar refractivity (Wildman–Crippen MR) is 78.4 cm³/mol. The molecule has 1 aromatic heterocycles. The number of hydrogen-bond acceptors (Lipinski definition) is 3. The monoisotopic (exact) mass is 317 g/mol. The number of carbonyl (C=O) groups is 1. The molecule has 1 aromatic carbocycles. The first-order valence-corrected chi connectivity index (χ1v) is 6.69. The topological polar surface area (TPSA) is 59.2 Å². The fourth-order valence-corrected chi connectivity index (χ4v) is 2.46. The van der Waals surface area contributed by atoms with E-state index in [1.807, 2.05) is 25.1 Å². The average Bonchev–Trinajstić information content (AvgIpc) is 2.68. The van der Waals surface area contributed by atoms with Gasteiger partial charge in [0.25, 0.3) is 0 Å². The van der Waals surface area contributed by atoms with Crippen molar-refractivity contribution in [2.75, 3.05) is 10.6 Å². The number of nitrogen functional groups attached to an aromatic ring is 1. The molecule has 5 heteroatoms. The molecule has 0 saturated carbocycles. The Labute approximate surface area is 119 Å². The SMILES string of the molecule is Cc1cc(N2C(=O)Cc3cc(N)ccc32)ncc1Br. The molecule has 0 bridgehead atoms. The molecule has 0 spiro atoms. The number of nitrogens with two attached hydrogens (primary N) is 1. The summed E-state index contributed by atoms with van der Waals surface area (Å²) >= 11 is 3.41. The molecule has 1 aliphatic rings. The van der Waals surface area contributed by atoms with Gasteiger partial charge in [0.15, 0.2) is 0 Å². The minimum absolute atomic E-state index is 0.0230. The van der Waals surface area contributed by atoms with E-state index < -0.39 is 0 Å². The highest BCUT2D eigenvalue weighted by Crippen LogP contribution is 2.36. The summed E-state index contributed by atoms with van der Waals surface area (Å²) in [6.07, 6.45) is 2.09. The number of hydrogen-bond donors (Lipinski definition) is 1. The Morgan fingerprint density at radius 3 is 2.89 bits per heavy atom. The number of aryl methyl sites for hydroxylation is 1. The van der Waals surface area contributed by atoms with Gasteiger partial charge in [0.1, 0.15) is 5.82 Å². The summed E-state index contributed by atoms with van der Waals surface area (Å²) < 4.78 is 0.931. The highest BCUT2D eigenvalue weighted by Gasteiger charge is 2.29. The Kier molecular flexibility index (Phi) is 2.78. The largest absolute Gasteiger partial charge is 0.399 e. The van der Waals surface area contributed by atoms with Gasteiger partial charge in [0, 0.05) is 16.4 Å². The van der Waals surface area contributed by atoms with E-state index in [1.54, 1.807) is 17.2 Å². The number of amides is 1. The minimum Gasteiger partial charge on any atom is -0.399 e. The summed E-state index contributed by atoms with van der Waals surface area (Å²) in [5, 5.41) is 0. The molecule has 1 amide bonds. The fraction of sp³-hybridized carbons (Fsp3) is 0.143. The number of halogens is 1. The second-order valence-corrected chi connectivity index (χ2v) is 5.44. The van der Waals surface area contributed by atoms with E-state index in [0.717, 1.165) is 21.3 Å². The Morgan fingerprint density at radius 2 is 2.16 bits per heavy atom. The zero-order valence-corrected chi connectivity index (χ0v) is 11.9. The van der Waals surface area contributed by atoms with Gasteiger partial charge in [-0.2, -0.15) is 0 Å². The van der Waals surface area contributed by atoms with Crippen molar-refractivity contribution in [3.63, 3.8) is 0 Å². The number of anilines is 3. The molecule has 0 aliphatic carbocycles. The lowest BCUT2D eigenvalue weighted by molar-refractivity contribution is -0.116. The van der Waals surface area contributed by atoms with Gasteiger partial charge in [-0.1, -0.05) is 0 Å². The van der Waals surface area contributed by atoms with E-state index in [1.165, 1.54) is 0 Å². The molecule has 1 aliphatic heterocycles. The number of carbonyl (C=O) groups excluding carboxylic acids is 1. The van der Waals surface area contributed by atoms with Gasteiger partial charge in [-0.3, -0.25) is 9.69 Å². The summed E-state index contributed by atoms with van der Waals surface area (Å²) in [5.41, 5.74) is 9.29. The molecule has 0 fully saturated rings. The normalized spacial score (nSPS) is 13.8. The van der Waals surface area contributed by atoms with Crippen LogP contribution in [0, 0.1) is 6.92 Å². The first-order chi connectivity index (χ1) is 9.06. The molecule has 2 N–H and O–H groups in total. The number of pyridine rings is 1. The van der Waals surface area contributed by atoms with E-state index in [9.17, 15) is 4.79 Å². The minimum atomic E-state index is 0.0230. The van der Waals surface area contributed by atoms with E-state index in [4.69, 9.17) is 5.73 Å². The summed E-state index contributed by atoms with van der Waals surface area (Å²) in [7, 11) is 0. The zero-order valence-electron chi connectivity index (χ0n) is 10.4. The van der Waals surface area contributed by atoms with Crippen LogP contribution in [0.3, 0.4) is 0 Å². The van der Waals surface area contributed by atoms with Gasteiger partial charge in [0.2, 0.25) is 5.91 Å². The van der Waals surface area contributed by atoms with Crippen LogP contribution in [0.5, 0.6) is 0 Å². The lowest BCUT2D eigenvalue weighted by Crippen LogP contribution is -2.21. The maximum Gasteiger partial charge on any atom is 0.237 e. The molecule has 0 atom stereocenters. The molecule has 0 unspecified atom stereocenters. The zero-order chi connectivity index (χ0) is 13.6. The number of rotatable bonds is 1. The van der Waals surface area contributed by atoms with Crippen molar-refractivity contribution in [1.82, 2.24) is 4.98 Å². The summed E-state index contributed by atoms with van der Waals surface area (Å²) in [6.45, 7) is 1.97. The third-order valence-electron chi connectivity index (χ3n) is 3.20. The number of fused-ring (bicyclic) bond motifs is 1. The first kappa shape index (κ1) is 12.2. The molecule has 3 rings (SSSR count). The number of benzene rings is 1. The Hall–Kier alpha value is -1.88. The Bertz CT molecular complexity index is 684. The van der Waals surface area contributed by atoms with Crippen LogP contribution < -0.4 is 10.6 Å². The van der Waals surface area contributed by atoms with Crippen LogP contribution >= 0.6 is 15.9 Å². The molecular formula is C14H12BrN3O. The Morgan fingerprint density at radius 1 is 1.37 bits per heavy atom. The number of aromatic nitrogens is 1. The molecule has 96 valence electrons. The predicted octanol–water partition coefficient (Wildman–Crippen LogP) is 2.96. The van der Waals surface area contributed by atoms with Crippen molar-refractivity contribution in [1.29, 1.82) is 0 Å². The number of nitrogens with zero attached hydrogens (tertiary/aromatic N) is 2. The average molecular weight is 318 g/mol. The lowest BCUT2D eigenvalue weighted by Gasteiger charge is -2.17. The van der Waals surface area contributed by atoms with Gasteiger partial charge in [-0.05, 0) is 58.2 Å². The van der Waals surface area contributed by atoms with Gasteiger partial charge < -0.3 is 5.73 Å². The molecule has 0 radical (unpaired) electrons. The third-order valence-corrected chi connectivity index (χ3v) is 4.03. The van der Waals surface area contributed by atoms with Crippen LogP contribution in [0.25, 0.3) is 0 Å². The van der Waals surface area contributed by atoms with E-state index in [-0.39, 0.29) is 5.91 Å². The van der Waals surface area contributed by atoms with Crippen LogP contribution in [0.2, 0.25) is 0 Å². The Balaban J connectivity index is 2.11. The van der Waals surface area contributed by atoms with E-state index in [0.29, 0.717) is 17.9 Å². The first-order valence-electron chi connectivity index (χ1n) is 5.90. The van der Waals surface area contributed by atoms with Crippen LogP contribution in [0.4, 0.5) is 17.2 Å². The maximum absolute atomic E-state index is 12.2. The second kappa shape index (κ2) is 4.35. The van der Waals surface area contributed by atoms with Crippen molar-refractivity contribution < 1.29 is 4.79 Å². The second-order valence-electron chi connectivity index (χ2n) is 4.59. The fourth-order valence-electron chi connectivity index (χ4n) is 2.24. The molecule has 2 heterocycles. The smallest absolute Gasteiger partial charge is 0.237 e.